The fourth-order valence-corrected chi connectivity index (χ4v) is 4.49. The monoisotopic (exact) mass is 497 g/mol. The molecule has 9 heteroatoms. The molecule has 0 aliphatic rings. The predicted octanol–water partition coefficient (Wildman–Crippen LogP) is 5.57. The van der Waals surface area contributed by atoms with Gasteiger partial charge in [-0.05, 0) is 67.1 Å². The van der Waals surface area contributed by atoms with Gasteiger partial charge in [0.2, 0.25) is 5.91 Å². The van der Waals surface area contributed by atoms with Crippen LogP contribution in [-0.4, -0.2) is 39.1 Å². The van der Waals surface area contributed by atoms with Crippen LogP contribution in [-0.2, 0) is 17.9 Å². The SMILES string of the molecule is CCC(C)N(CC(=O)N(Cc1ccc(F)cc1)Cc1sccc1C)C(=O)c1ccc([N+](=O)[O-])cc1. The summed E-state index contributed by atoms with van der Waals surface area (Å²) in [4.78, 5) is 41.5. The molecular weight excluding hydrogens is 469 g/mol. The first kappa shape index (κ1) is 26.0. The lowest BCUT2D eigenvalue weighted by atomic mass is 10.1. The molecule has 7 nitrogen and oxygen atoms in total. The van der Waals surface area contributed by atoms with Crippen LogP contribution in [0.5, 0.6) is 0 Å². The van der Waals surface area contributed by atoms with E-state index in [9.17, 15) is 24.1 Å². The number of nitro groups is 1. The number of carbonyl (C=O) groups excluding carboxylic acids is 2. The average molecular weight is 498 g/mol. The number of thiophene rings is 1. The lowest BCUT2D eigenvalue weighted by Gasteiger charge is -2.31. The number of amides is 2. The van der Waals surface area contributed by atoms with Gasteiger partial charge in [0.15, 0.2) is 0 Å². The number of hydrogen-bond acceptors (Lipinski definition) is 5. The summed E-state index contributed by atoms with van der Waals surface area (Å²) in [5, 5.41) is 12.9. The number of non-ortho nitro benzene ring substituents is 1. The molecule has 1 atom stereocenters. The lowest BCUT2D eigenvalue weighted by molar-refractivity contribution is -0.384. The first-order chi connectivity index (χ1) is 16.7. The molecule has 0 saturated carbocycles. The Morgan fingerprint density at radius 1 is 1.06 bits per heavy atom. The van der Waals surface area contributed by atoms with Gasteiger partial charge in [-0.25, -0.2) is 4.39 Å². The number of nitrogens with zero attached hydrogens (tertiary/aromatic N) is 3. The molecule has 184 valence electrons. The van der Waals surface area contributed by atoms with Crippen LogP contribution in [0.15, 0.2) is 60.0 Å². The van der Waals surface area contributed by atoms with Crippen molar-refractivity contribution in [3.05, 3.63) is 97.5 Å². The molecule has 0 saturated heterocycles. The van der Waals surface area contributed by atoms with Crippen LogP contribution in [0.1, 0.15) is 46.6 Å². The number of halogens is 1. The Kier molecular flexibility index (Phi) is 8.70. The van der Waals surface area contributed by atoms with Gasteiger partial charge in [0, 0.05) is 35.2 Å². The zero-order valence-corrected chi connectivity index (χ0v) is 20.8. The molecule has 0 aliphatic heterocycles. The highest BCUT2D eigenvalue weighted by Gasteiger charge is 2.26. The number of benzene rings is 2. The van der Waals surface area contributed by atoms with Gasteiger partial charge in [-0.15, -0.1) is 11.3 Å². The molecule has 35 heavy (non-hydrogen) atoms. The van der Waals surface area contributed by atoms with E-state index in [1.165, 1.54) is 41.3 Å². The Morgan fingerprint density at radius 3 is 2.26 bits per heavy atom. The van der Waals surface area contributed by atoms with Crippen LogP contribution in [0, 0.1) is 22.9 Å². The summed E-state index contributed by atoms with van der Waals surface area (Å²) in [5.74, 6) is -0.952. The highest BCUT2D eigenvalue weighted by molar-refractivity contribution is 7.10. The summed E-state index contributed by atoms with van der Waals surface area (Å²) in [5.41, 5.74) is 2.03. The number of rotatable bonds is 10. The first-order valence-corrected chi connectivity index (χ1v) is 12.2. The van der Waals surface area contributed by atoms with Crippen molar-refractivity contribution < 1.29 is 18.9 Å². The summed E-state index contributed by atoms with van der Waals surface area (Å²) in [6, 6.07) is 13.2. The average Bonchev–Trinajstić information content (AvgIpc) is 3.26. The summed E-state index contributed by atoms with van der Waals surface area (Å²) in [6.07, 6.45) is 0.633. The van der Waals surface area contributed by atoms with Gasteiger partial charge in [-0.1, -0.05) is 19.1 Å². The second-order valence-corrected chi connectivity index (χ2v) is 9.40. The smallest absolute Gasteiger partial charge is 0.269 e. The Hall–Kier alpha value is -3.59. The number of aryl methyl sites for hydroxylation is 1. The molecule has 3 rings (SSSR count). The van der Waals surface area contributed by atoms with Crippen molar-refractivity contribution in [3.63, 3.8) is 0 Å². The van der Waals surface area contributed by atoms with Crippen molar-refractivity contribution >= 4 is 28.8 Å². The fourth-order valence-electron chi connectivity index (χ4n) is 3.57. The van der Waals surface area contributed by atoms with Crippen LogP contribution in [0.2, 0.25) is 0 Å². The Bertz CT molecular complexity index is 1180. The molecule has 1 unspecified atom stereocenters. The predicted molar refractivity (Wildman–Crippen MR) is 134 cm³/mol. The van der Waals surface area contributed by atoms with Gasteiger partial charge < -0.3 is 9.80 Å². The van der Waals surface area contributed by atoms with Crippen molar-refractivity contribution in [2.45, 2.75) is 46.3 Å². The van der Waals surface area contributed by atoms with Crippen molar-refractivity contribution in [1.82, 2.24) is 9.80 Å². The first-order valence-electron chi connectivity index (χ1n) is 11.3. The number of nitro benzene ring substituents is 1. The third-order valence-electron chi connectivity index (χ3n) is 5.96. The molecule has 0 bridgehead atoms. The van der Waals surface area contributed by atoms with Crippen molar-refractivity contribution in [2.24, 2.45) is 0 Å². The van der Waals surface area contributed by atoms with Crippen LogP contribution >= 0.6 is 11.3 Å². The minimum Gasteiger partial charge on any atom is -0.332 e. The molecule has 0 N–H and O–H groups in total. The number of carbonyl (C=O) groups is 2. The second-order valence-electron chi connectivity index (χ2n) is 8.40. The van der Waals surface area contributed by atoms with Gasteiger partial charge in [-0.2, -0.15) is 0 Å². The maximum atomic E-state index is 13.5. The quantitative estimate of drug-likeness (QED) is 0.271. The van der Waals surface area contributed by atoms with E-state index in [1.54, 1.807) is 28.4 Å². The maximum absolute atomic E-state index is 13.5. The van der Waals surface area contributed by atoms with Crippen molar-refractivity contribution in [1.29, 1.82) is 0 Å². The van der Waals surface area contributed by atoms with Crippen LogP contribution < -0.4 is 0 Å². The van der Waals surface area contributed by atoms with E-state index in [2.05, 4.69) is 0 Å². The molecule has 0 spiro atoms. The van der Waals surface area contributed by atoms with Gasteiger partial charge in [-0.3, -0.25) is 19.7 Å². The zero-order valence-electron chi connectivity index (χ0n) is 19.9. The maximum Gasteiger partial charge on any atom is 0.269 e. The molecule has 3 aromatic rings. The highest BCUT2D eigenvalue weighted by atomic mass is 32.1. The standard InChI is InChI=1S/C26H28FN3O4S/c1-4-19(3)29(26(32)21-7-11-23(12-8-21)30(33)34)17-25(31)28(16-24-18(2)13-14-35-24)15-20-5-9-22(27)10-6-20/h5-14,19H,4,15-17H2,1-3H3. The molecule has 0 aliphatic carbocycles. The normalized spacial score (nSPS) is 11.7. The van der Waals surface area contributed by atoms with E-state index in [1.807, 2.05) is 32.2 Å². The third-order valence-corrected chi connectivity index (χ3v) is 6.96. The van der Waals surface area contributed by atoms with Crippen molar-refractivity contribution in [3.8, 4) is 0 Å². The Balaban J connectivity index is 1.85. The van der Waals surface area contributed by atoms with Crippen molar-refractivity contribution in [2.75, 3.05) is 6.54 Å². The summed E-state index contributed by atoms with van der Waals surface area (Å²) < 4.78 is 13.4. The molecule has 0 radical (unpaired) electrons. The summed E-state index contributed by atoms with van der Waals surface area (Å²) >= 11 is 1.56. The molecule has 2 aromatic carbocycles. The van der Waals surface area contributed by atoms with E-state index < -0.39 is 4.92 Å². The third kappa shape index (κ3) is 6.73. The zero-order chi connectivity index (χ0) is 25.5. The highest BCUT2D eigenvalue weighted by Crippen LogP contribution is 2.21. The molecule has 1 heterocycles. The second kappa shape index (κ2) is 11.7. The van der Waals surface area contributed by atoms with Gasteiger partial charge in [0.25, 0.3) is 11.6 Å². The minimum absolute atomic E-state index is 0.107. The van der Waals surface area contributed by atoms with Gasteiger partial charge >= 0.3 is 0 Å². The Labute approximate surface area is 207 Å². The fraction of sp³-hybridized carbons (Fsp3) is 0.308. The molecule has 1 aromatic heterocycles. The lowest BCUT2D eigenvalue weighted by Crippen LogP contribution is -2.46. The summed E-state index contributed by atoms with van der Waals surface area (Å²) in [7, 11) is 0. The van der Waals surface area contributed by atoms with E-state index >= 15 is 0 Å². The molecule has 2 amide bonds. The van der Waals surface area contributed by atoms with Crippen LogP contribution in [0.4, 0.5) is 10.1 Å². The van der Waals surface area contributed by atoms with Crippen LogP contribution in [0.3, 0.4) is 0 Å². The van der Waals surface area contributed by atoms with Gasteiger partial charge in [0.05, 0.1) is 11.5 Å². The minimum atomic E-state index is -0.524. The summed E-state index contributed by atoms with van der Waals surface area (Å²) in [6.45, 7) is 6.28. The Morgan fingerprint density at radius 2 is 1.71 bits per heavy atom. The topological polar surface area (TPSA) is 83.8 Å². The number of hydrogen-bond donors (Lipinski definition) is 0. The van der Waals surface area contributed by atoms with E-state index in [0.717, 1.165) is 16.0 Å². The van der Waals surface area contributed by atoms with Crippen LogP contribution in [0.25, 0.3) is 0 Å². The van der Waals surface area contributed by atoms with Gasteiger partial charge in [0.1, 0.15) is 12.4 Å². The van der Waals surface area contributed by atoms with E-state index in [4.69, 9.17) is 0 Å². The molecule has 0 fully saturated rings. The van der Waals surface area contributed by atoms with E-state index in [-0.39, 0.29) is 48.0 Å². The van der Waals surface area contributed by atoms with E-state index in [0.29, 0.717) is 13.0 Å². The largest absolute Gasteiger partial charge is 0.332 e. The molecular formula is C26H28FN3O4S.